The van der Waals surface area contributed by atoms with Crippen LogP contribution in [0.3, 0.4) is 0 Å². The van der Waals surface area contributed by atoms with Gasteiger partial charge in [-0.1, -0.05) is 6.92 Å². The molecule has 2 aromatic rings. The molecular formula is C18H25ClN4O3S. The molecule has 0 radical (unpaired) electrons. The summed E-state index contributed by atoms with van der Waals surface area (Å²) in [6.07, 6.45) is 4.65. The van der Waals surface area contributed by atoms with Crippen molar-refractivity contribution in [2.24, 2.45) is 0 Å². The highest BCUT2D eigenvalue weighted by molar-refractivity contribution is 7.15. The first-order valence-electron chi connectivity index (χ1n) is 8.82. The quantitative estimate of drug-likeness (QED) is 0.655. The number of ether oxygens (including phenoxy) is 1. The Hall–Kier alpha value is -1.90. The Morgan fingerprint density at radius 2 is 2.07 bits per heavy atom. The third kappa shape index (κ3) is 4.51. The fourth-order valence-corrected chi connectivity index (χ4v) is 4.31. The Labute approximate surface area is 168 Å². The number of hydrogen-bond donors (Lipinski definition) is 3. The van der Waals surface area contributed by atoms with E-state index in [2.05, 4.69) is 20.6 Å². The van der Waals surface area contributed by atoms with E-state index in [-0.39, 0.29) is 18.3 Å². The van der Waals surface area contributed by atoms with Crippen LogP contribution in [0.15, 0.2) is 6.20 Å². The van der Waals surface area contributed by atoms with Crippen LogP contribution in [0.4, 0.5) is 5.13 Å². The molecule has 1 aliphatic heterocycles. The van der Waals surface area contributed by atoms with E-state index >= 15 is 0 Å². The normalized spacial score (nSPS) is 14.5. The number of methoxy groups -OCH3 is 1. The largest absolute Gasteiger partial charge is 0.465 e. The van der Waals surface area contributed by atoms with E-state index in [1.54, 1.807) is 6.92 Å². The molecule has 148 valence electrons. The zero-order valence-electron chi connectivity index (χ0n) is 15.7. The third-order valence-electron chi connectivity index (χ3n) is 4.78. The molecule has 3 heterocycles. The number of rotatable bonds is 5. The van der Waals surface area contributed by atoms with Gasteiger partial charge in [-0.15, -0.1) is 23.7 Å². The average Bonchev–Trinajstić information content (AvgIpc) is 3.26. The van der Waals surface area contributed by atoms with Gasteiger partial charge in [0.05, 0.1) is 12.7 Å². The van der Waals surface area contributed by atoms with Gasteiger partial charge in [0, 0.05) is 16.8 Å². The monoisotopic (exact) mass is 412 g/mol. The van der Waals surface area contributed by atoms with Gasteiger partial charge in [-0.05, 0) is 50.8 Å². The maximum Gasteiger partial charge on any atom is 0.339 e. The van der Waals surface area contributed by atoms with Gasteiger partial charge in [0.2, 0.25) is 0 Å². The van der Waals surface area contributed by atoms with Gasteiger partial charge in [0.15, 0.2) is 5.13 Å². The lowest BCUT2D eigenvalue weighted by Crippen LogP contribution is -2.26. The maximum absolute atomic E-state index is 12.7. The van der Waals surface area contributed by atoms with Gasteiger partial charge in [0.1, 0.15) is 5.69 Å². The highest BCUT2D eigenvalue weighted by Crippen LogP contribution is 2.32. The van der Waals surface area contributed by atoms with Gasteiger partial charge in [-0.3, -0.25) is 10.1 Å². The molecule has 1 saturated heterocycles. The van der Waals surface area contributed by atoms with Crippen LogP contribution in [0.1, 0.15) is 62.7 Å². The number of carbonyl (C=O) groups excluding carboxylic acids is 2. The molecule has 0 atom stereocenters. The zero-order valence-corrected chi connectivity index (χ0v) is 17.3. The van der Waals surface area contributed by atoms with Crippen LogP contribution < -0.4 is 10.6 Å². The summed E-state index contributed by atoms with van der Waals surface area (Å²) in [6, 6.07) is 0. The third-order valence-corrected chi connectivity index (χ3v) is 5.86. The molecule has 2 aromatic heterocycles. The average molecular weight is 413 g/mol. The second kappa shape index (κ2) is 9.34. The van der Waals surface area contributed by atoms with E-state index < -0.39 is 5.97 Å². The van der Waals surface area contributed by atoms with Gasteiger partial charge in [-0.25, -0.2) is 9.78 Å². The molecule has 3 rings (SSSR count). The second-order valence-electron chi connectivity index (χ2n) is 6.37. The molecule has 3 N–H and O–H groups in total. The summed E-state index contributed by atoms with van der Waals surface area (Å²) in [5, 5.41) is 6.78. The maximum atomic E-state index is 12.7. The molecule has 27 heavy (non-hydrogen) atoms. The minimum absolute atomic E-state index is 0. The van der Waals surface area contributed by atoms with Crippen molar-refractivity contribution in [3.8, 4) is 0 Å². The van der Waals surface area contributed by atoms with Crippen LogP contribution in [-0.2, 0) is 11.2 Å². The Balaban J connectivity index is 0.00000261. The van der Waals surface area contributed by atoms with E-state index in [9.17, 15) is 9.59 Å². The van der Waals surface area contributed by atoms with Crippen molar-refractivity contribution in [2.45, 2.75) is 39.0 Å². The Morgan fingerprint density at radius 1 is 1.37 bits per heavy atom. The van der Waals surface area contributed by atoms with Gasteiger partial charge < -0.3 is 15.0 Å². The van der Waals surface area contributed by atoms with Crippen LogP contribution in [0.25, 0.3) is 0 Å². The number of nitrogens with one attached hydrogen (secondary N) is 3. The number of thiazole rings is 1. The first kappa shape index (κ1) is 21.4. The summed E-state index contributed by atoms with van der Waals surface area (Å²) in [5.74, 6) is -0.222. The van der Waals surface area contributed by atoms with E-state index in [0.717, 1.165) is 25.9 Å². The summed E-state index contributed by atoms with van der Waals surface area (Å²) >= 11 is 1.52. The van der Waals surface area contributed by atoms with Crippen LogP contribution in [0.5, 0.6) is 0 Å². The van der Waals surface area contributed by atoms with Crippen molar-refractivity contribution in [1.82, 2.24) is 15.3 Å². The van der Waals surface area contributed by atoms with Gasteiger partial charge >= 0.3 is 5.97 Å². The highest BCUT2D eigenvalue weighted by atomic mass is 35.5. The molecule has 7 nitrogen and oxygen atoms in total. The molecule has 1 amide bonds. The van der Waals surface area contributed by atoms with Crippen LogP contribution >= 0.6 is 23.7 Å². The molecule has 9 heteroatoms. The number of anilines is 1. The smallest absolute Gasteiger partial charge is 0.339 e. The highest BCUT2D eigenvalue weighted by Gasteiger charge is 2.24. The minimum atomic E-state index is -0.433. The Kier molecular flexibility index (Phi) is 7.41. The SMILES string of the molecule is CCc1[nH]c(C(=O)Nc2ncc(C3CCNCC3)s2)c(C)c1C(=O)OC.Cl. The molecule has 0 spiro atoms. The number of esters is 1. The van der Waals surface area contributed by atoms with E-state index in [4.69, 9.17) is 4.74 Å². The molecule has 0 aromatic carbocycles. The van der Waals surface area contributed by atoms with E-state index in [1.807, 2.05) is 13.1 Å². The van der Waals surface area contributed by atoms with Gasteiger partial charge in [-0.2, -0.15) is 0 Å². The lowest BCUT2D eigenvalue weighted by molar-refractivity contribution is 0.0599. The Bertz CT molecular complexity index is 812. The topological polar surface area (TPSA) is 96.1 Å². The van der Waals surface area contributed by atoms with Crippen molar-refractivity contribution < 1.29 is 14.3 Å². The van der Waals surface area contributed by atoms with Crippen molar-refractivity contribution >= 4 is 40.8 Å². The molecule has 0 unspecified atom stereocenters. The first-order valence-corrected chi connectivity index (χ1v) is 9.64. The number of H-pyrrole nitrogens is 1. The zero-order chi connectivity index (χ0) is 18.7. The molecule has 0 saturated carbocycles. The molecular weight excluding hydrogens is 388 g/mol. The van der Waals surface area contributed by atoms with Crippen molar-refractivity contribution in [2.75, 3.05) is 25.5 Å². The van der Waals surface area contributed by atoms with E-state index in [0.29, 0.717) is 40.0 Å². The summed E-state index contributed by atoms with van der Waals surface area (Å²) < 4.78 is 4.84. The summed E-state index contributed by atoms with van der Waals surface area (Å²) in [7, 11) is 1.34. The standard InChI is InChI=1S/C18H24N4O3S.ClH/c1-4-12-14(17(24)25-3)10(2)15(21-12)16(23)22-18-20-9-13(26-18)11-5-7-19-8-6-11;/h9,11,19,21H,4-8H2,1-3H3,(H,20,22,23);1H. The predicted octanol–water partition coefficient (Wildman–Crippen LogP) is 3.27. The van der Waals surface area contributed by atoms with Crippen LogP contribution in [0.2, 0.25) is 0 Å². The predicted molar refractivity (Wildman–Crippen MR) is 108 cm³/mol. The lowest BCUT2D eigenvalue weighted by Gasteiger charge is -2.20. The number of aryl methyl sites for hydroxylation is 1. The summed E-state index contributed by atoms with van der Waals surface area (Å²) in [4.78, 5) is 33.3. The van der Waals surface area contributed by atoms with Crippen LogP contribution in [-0.4, -0.2) is 42.0 Å². The van der Waals surface area contributed by atoms with Crippen molar-refractivity contribution in [1.29, 1.82) is 0 Å². The number of amides is 1. The van der Waals surface area contributed by atoms with Gasteiger partial charge in [0.25, 0.3) is 5.91 Å². The number of nitrogens with zero attached hydrogens (tertiary/aromatic N) is 1. The Morgan fingerprint density at radius 3 is 2.70 bits per heavy atom. The van der Waals surface area contributed by atoms with Crippen molar-refractivity contribution in [3.05, 3.63) is 33.6 Å². The number of aromatic nitrogens is 2. The molecule has 0 bridgehead atoms. The number of piperidine rings is 1. The second-order valence-corrected chi connectivity index (χ2v) is 7.43. The number of halogens is 1. The number of carbonyl (C=O) groups is 2. The fraction of sp³-hybridized carbons (Fsp3) is 0.500. The summed E-state index contributed by atoms with van der Waals surface area (Å²) in [5.41, 5.74) is 2.12. The summed E-state index contributed by atoms with van der Waals surface area (Å²) in [6.45, 7) is 5.70. The first-order chi connectivity index (χ1) is 12.5. The molecule has 0 aliphatic carbocycles. The lowest BCUT2D eigenvalue weighted by atomic mass is 9.97. The van der Waals surface area contributed by atoms with Crippen LogP contribution in [0, 0.1) is 6.92 Å². The molecule has 1 fully saturated rings. The minimum Gasteiger partial charge on any atom is -0.465 e. The number of hydrogen-bond acceptors (Lipinski definition) is 6. The molecule has 1 aliphatic rings. The van der Waals surface area contributed by atoms with E-state index in [1.165, 1.54) is 23.3 Å². The van der Waals surface area contributed by atoms with Crippen molar-refractivity contribution in [3.63, 3.8) is 0 Å². The number of aromatic amines is 1. The fourth-order valence-electron chi connectivity index (χ4n) is 3.33.